The Morgan fingerprint density at radius 3 is 2.34 bits per heavy atom. The number of nitro benzene ring substituents is 1. The van der Waals surface area contributed by atoms with E-state index >= 15 is 0 Å². The lowest BCUT2D eigenvalue weighted by molar-refractivity contribution is -0.384. The van der Waals surface area contributed by atoms with Crippen LogP contribution in [0, 0.1) is 10.1 Å². The molecule has 29 heavy (non-hydrogen) atoms. The maximum atomic E-state index is 13.3. The fourth-order valence-corrected chi connectivity index (χ4v) is 3.16. The number of nitro groups is 1. The average molecular weight is 387 g/mol. The molecule has 4 rings (SSSR count). The van der Waals surface area contributed by atoms with Gasteiger partial charge in [-0.25, -0.2) is 4.98 Å². The highest BCUT2D eigenvalue weighted by atomic mass is 16.6. The Balaban J connectivity index is 1.96. The topological polar surface area (TPSA) is 87.3 Å². The Morgan fingerprint density at radius 1 is 1.00 bits per heavy atom. The normalized spacial score (nSPS) is 10.8. The second kappa shape index (κ2) is 7.55. The second-order valence-electron chi connectivity index (χ2n) is 6.32. The van der Waals surface area contributed by atoms with Crippen molar-refractivity contribution in [2.45, 2.75) is 6.92 Å². The molecule has 0 unspecified atom stereocenters. The third-order valence-electron chi connectivity index (χ3n) is 4.52. The molecule has 7 nitrogen and oxygen atoms in total. The van der Waals surface area contributed by atoms with Gasteiger partial charge >= 0.3 is 0 Å². The first kappa shape index (κ1) is 18.4. The summed E-state index contributed by atoms with van der Waals surface area (Å²) in [7, 11) is 0. The first-order valence-corrected chi connectivity index (χ1v) is 9.08. The van der Waals surface area contributed by atoms with Gasteiger partial charge in [-0.05, 0) is 55.5 Å². The second-order valence-corrected chi connectivity index (χ2v) is 6.32. The van der Waals surface area contributed by atoms with E-state index in [2.05, 4.69) is 4.98 Å². The monoisotopic (exact) mass is 387 g/mol. The van der Waals surface area contributed by atoms with Crippen molar-refractivity contribution in [3.05, 3.63) is 93.3 Å². The third kappa shape index (κ3) is 3.45. The molecule has 3 aromatic carbocycles. The average Bonchev–Trinajstić information content (AvgIpc) is 2.75. The minimum Gasteiger partial charge on any atom is -0.494 e. The zero-order valence-corrected chi connectivity index (χ0v) is 15.6. The molecule has 144 valence electrons. The van der Waals surface area contributed by atoms with E-state index in [1.54, 1.807) is 54.6 Å². The first-order chi connectivity index (χ1) is 14.1. The number of hydrogen-bond acceptors (Lipinski definition) is 5. The highest BCUT2D eigenvalue weighted by molar-refractivity contribution is 5.80. The fraction of sp³-hybridized carbons (Fsp3) is 0.0909. The lowest BCUT2D eigenvalue weighted by Crippen LogP contribution is -2.21. The summed E-state index contributed by atoms with van der Waals surface area (Å²) in [6.07, 6.45) is 0. The summed E-state index contributed by atoms with van der Waals surface area (Å²) in [6.45, 7) is 2.45. The molecule has 0 bridgehead atoms. The van der Waals surface area contributed by atoms with Crippen molar-refractivity contribution < 1.29 is 9.66 Å². The van der Waals surface area contributed by atoms with Gasteiger partial charge in [0.1, 0.15) is 11.6 Å². The molecule has 7 heteroatoms. The Morgan fingerprint density at radius 2 is 1.69 bits per heavy atom. The number of non-ortho nitro benzene ring substituents is 1. The molecule has 4 aromatic rings. The lowest BCUT2D eigenvalue weighted by Gasteiger charge is -2.14. The zero-order chi connectivity index (χ0) is 20.4. The quantitative estimate of drug-likeness (QED) is 0.375. The van der Waals surface area contributed by atoms with Gasteiger partial charge in [-0.1, -0.05) is 12.1 Å². The van der Waals surface area contributed by atoms with Gasteiger partial charge in [0.05, 0.1) is 28.1 Å². The van der Waals surface area contributed by atoms with Crippen molar-refractivity contribution >= 4 is 16.6 Å². The number of para-hydroxylation sites is 1. The van der Waals surface area contributed by atoms with Crippen molar-refractivity contribution in [3.63, 3.8) is 0 Å². The SMILES string of the molecule is CCOc1ccc(-n2c(-c3ccc([N+](=O)[O-])cc3)nc3ccccc3c2=O)cc1. The summed E-state index contributed by atoms with van der Waals surface area (Å²) in [6, 6.07) is 20.3. The predicted molar refractivity (Wildman–Crippen MR) is 111 cm³/mol. The Labute approximate surface area is 166 Å². The third-order valence-corrected chi connectivity index (χ3v) is 4.52. The molecule has 0 aliphatic heterocycles. The van der Waals surface area contributed by atoms with Crippen LogP contribution < -0.4 is 10.3 Å². The fourth-order valence-electron chi connectivity index (χ4n) is 3.16. The minimum atomic E-state index is -0.461. The number of benzene rings is 3. The van der Waals surface area contributed by atoms with Gasteiger partial charge < -0.3 is 4.74 Å². The highest BCUT2D eigenvalue weighted by Gasteiger charge is 2.15. The largest absolute Gasteiger partial charge is 0.494 e. The molecule has 0 saturated heterocycles. The van der Waals surface area contributed by atoms with Gasteiger partial charge in [0.15, 0.2) is 0 Å². The van der Waals surface area contributed by atoms with E-state index in [1.165, 1.54) is 16.7 Å². The van der Waals surface area contributed by atoms with Gasteiger partial charge in [-0.3, -0.25) is 19.5 Å². The van der Waals surface area contributed by atoms with Crippen LogP contribution in [0.3, 0.4) is 0 Å². The van der Waals surface area contributed by atoms with Crippen molar-refractivity contribution in [1.82, 2.24) is 9.55 Å². The molecule has 0 aliphatic carbocycles. The zero-order valence-electron chi connectivity index (χ0n) is 15.6. The standard InChI is InChI=1S/C22H17N3O4/c1-2-29-18-13-11-16(12-14-18)24-21(15-7-9-17(10-8-15)25(27)28)23-20-6-4-3-5-19(20)22(24)26/h3-14H,2H2,1H3. The van der Waals surface area contributed by atoms with Crippen LogP contribution in [-0.4, -0.2) is 21.1 Å². The van der Waals surface area contributed by atoms with E-state index in [-0.39, 0.29) is 11.2 Å². The van der Waals surface area contributed by atoms with Crippen molar-refractivity contribution in [2.24, 2.45) is 0 Å². The van der Waals surface area contributed by atoms with E-state index in [4.69, 9.17) is 4.74 Å². The minimum absolute atomic E-state index is 0.0236. The maximum Gasteiger partial charge on any atom is 0.269 e. The van der Waals surface area contributed by atoms with Crippen LogP contribution in [0.15, 0.2) is 77.6 Å². The molecule has 0 radical (unpaired) electrons. The Bertz CT molecular complexity index is 1250. The van der Waals surface area contributed by atoms with E-state index < -0.39 is 4.92 Å². The molecule has 0 spiro atoms. The summed E-state index contributed by atoms with van der Waals surface area (Å²) in [5.41, 5.74) is 1.56. The molecular weight excluding hydrogens is 370 g/mol. The molecule has 0 atom stereocenters. The molecule has 0 aliphatic rings. The van der Waals surface area contributed by atoms with Crippen LogP contribution in [0.5, 0.6) is 5.75 Å². The Kier molecular flexibility index (Phi) is 4.78. The summed E-state index contributed by atoms with van der Waals surface area (Å²) in [5.74, 6) is 1.11. The van der Waals surface area contributed by atoms with Gasteiger partial charge in [0.2, 0.25) is 0 Å². The van der Waals surface area contributed by atoms with Crippen molar-refractivity contribution in [2.75, 3.05) is 6.61 Å². The molecule has 0 fully saturated rings. The van der Waals surface area contributed by atoms with Gasteiger partial charge in [-0.2, -0.15) is 0 Å². The van der Waals surface area contributed by atoms with Crippen LogP contribution >= 0.6 is 0 Å². The molecule has 0 N–H and O–H groups in total. The van der Waals surface area contributed by atoms with E-state index in [1.807, 2.05) is 13.0 Å². The van der Waals surface area contributed by atoms with Gasteiger partial charge in [0, 0.05) is 17.7 Å². The van der Waals surface area contributed by atoms with Crippen LogP contribution in [0.2, 0.25) is 0 Å². The smallest absolute Gasteiger partial charge is 0.269 e. The van der Waals surface area contributed by atoms with Gasteiger partial charge in [0.25, 0.3) is 11.2 Å². The maximum absolute atomic E-state index is 13.3. The van der Waals surface area contributed by atoms with Crippen LogP contribution in [0.1, 0.15) is 6.92 Å². The number of hydrogen-bond donors (Lipinski definition) is 0. The lowest BCUT2D eigenvalue weighted by atomic mass is 10.1. The van der Waals surface area contributed by atoms with Crippen molar-refractivity contribution in [3.8, 4) is 22.8 Å². The van der Waals surface area contributed by atoms with E-state index in [9.17, 15) is 14.9 Å². The molecule has 0 amide bonds. The molecule has 1 heterocycles. The summed E-state index contributed by atoms with van der Waals surface area (Å²) < 4.78 is 6.99. The highest BCUT2D eigenvalue weighted by Crippen LogP contribution is 2.25. The van der Waals surface area contributed by atoms with Crippen molar-refractivity contribution in [1.29, 1.82) is 0 Å². The number of aromatic nitrogens is 2. The summed E-state index contributed by atoms with van der Waals surface area (Å²) >= 11 is 0. The van der Waals surface area contributed by atoms with Gasteiger partial charge in [-0.15, -0.1) is 0 Å². The number of ether oxygens (including phenoxy) is 1. The number of fused-ring (bicyclic) bond motifs is 1. The molecule has 0 saturated carbocycles. The predicted octanol–water partition coefficient (Wildman–Crippen LogP) is 4.36. The summed E-state index contributed by atoms with van der Waals surface area (Å²) in [4.78, 5) is 28.5. The Hall–Kier alpha value is -4.00. The molecular formula is C22H17N3O4. The van der Waals surface area contributed by atoms with E-state index in [0.29, 0.717) is 40.3 Å². The van der Waals surface area contributed by atoms with E-state index in [0.717, 1.165) is 0 Å². The van der Waals surface area contributed by atoms with Crippen LogP contribution in [-0.2, 0) is 0 Å². The van der Waals surface area contributed by atoms with Crippen LogP contribution in [0.25, 0.3) is 28.0 Å². The number of nitrogens with zero attached hydrogens (tertiary/aromatic N) is 3. The number of rotatable bonds is 5. The summed E-state index contributed by atoms with van der Waals surface area (Å²) in [5, 5.41) is 11.5. The first-order valence-electron chi connectivity index (χ1n) is 9.08. The van der Waals surface area contributed by atoms with Crippen LogP contribution in [0.4, 0.5) is 5.69 Å². The molecule has 1 aromatic heterocycles.